The minimum Gasteiger partial charge on any atom is -0.440 e. The number of benzene rings is 3. The van der Waals surface area contributed by atoms with Gasteiger partial charge in [0.25, 0.3) is 0 Å². The van der Waals surface area contributed by atoms with Crippen LogP contribution in [-0.4, -0.2) is 5.97 Å². The van der Waals surface area contributed by atoms with Crippen LogP contribution in [0.2, 0.25) is 10.0 Å². The molecule has 158 valence electrons. The fraction of sp³-hybridized carbons (Fsp3) is 0.0400. The first-order valence-electron chi connectivity index (χ1n) is 9.57. The van der Waals surface area contributed by atoms with E-state index in [1.807, 2.05) is 18.2 Å². The van der Waals surface area contributed by atoms with Crippen LogP contribution in [0.3, 0.4) is 0 Å². The molecule has 7 heteroatoms. The second-order valence-corrected chi connectivity index (χ2v) is 7.80. The third kappa shape index (κ3) is 4.47. The van der Waals surface area contributed by atoms with Crippen LogP contribution in [0.15, 0.2) is 84.3 Å². The number of carbonyl (C=O) groups is 1. The van der Waals surface area contributed by atoms with Crippen LogP contribution in [0.4, 0.5) is 0 Å². The highest BCUT2D eigenvalue weighted by molar-refractivity contribution is 6.32. The summed E-state index contributed by atoms with van der Waals surface area (Å²) < 4.78 is 11.1. The Labute approximate surface area is 194 Å². The fourth-order valence-corrected chi connectivity index (χ4v) is 3.74. The smallest absolute Gasteiger partial charge is 0.336 e. The van der Waals surface area contributed by atoms with E-state index in [1.54, 1.807) is 54.6 Å². The molecule has 0 amide bonds. The lowest BCUT2D eigenvalue weighted by Gasteiger charge is -2.26. The first-order chi connectivity index (χ1) is 15.5. The molecule has 0 fully saturated rings. The Balaban J connectivity index is 1.60. The Morgan fingerprint density at radius 1 is 1.09 bits per heavy atom. The summed E-state index contributed by atoms with van der Waals surface area (Å²) in [6.45, 7) is 0. The van der Waals surface area contributed by atoms with E-state index >= 15 is 0 Å². The molecule has 1 atom stereocenters. The Morgan fingerprint density at radius 3 is 2.56 bits per heavy atom. The Morgan fingerprint density at radius 2 is 1.84 bits per heavy atom. The molecular formula is C25H16Cl2N2O3. The number of nitriles is 1. The van der Waals surface area contributed by atoms with E-state index in [1.165, 1.54) is 6.08 Å². The van der Waals surface area contributed by atoms with Crippen molar-refractivity contribution >= 4 is 35.2 Å². The average molecular weight is 463 g/mol. The minimum absolute atomic E-state index is 0.00189. The van der Waals surface area contributed by atoms with Crippen molar-refractivity contribution in [2.75, 3.05) is 0 Å². The van der Waals surface area contributed by atoms with Gasteiger partial charge in [-0.3, -0.25) is 0 Å². The fourth-order valence-electron chi connectivity index (χ4n) is 3.42. The second-order valence-electron chi connectivity index (χ2n) is 6.95. The van der Waals surface area contributed by atoms with Crippen molar-refractivity contribution in [2.24, 2.45) is 5.73 Å². The molecule has 1 unspecified atom stereocenters. The van der Waals surface area contributed by atoms with Crippen molar-refractivity contribution in [2.45, 2.75) is 5.92 Å². The largest absolute Gasteiger partial charge is 0.440 e. The van der Waals surface area contributed by atoms with Gasteiger partial charge < -0.3 is 15.2 Å². The molecule has 1 heterocycles. The summed E-state index contributed by atoms with van der Waals surface area (Å²) >= 11 is 12.1. The molecule has 0 aliphatic carbocycles. The van der Waals surface area contributed by atoms with E-state index in [2.05, 4.69) is 6.07 Å². The predicted molar refractivity (Wildman–Crippen MR) is 123 cm³/mol. The van der Waals surface area contributed by atoms with Crippen LogP contribution in [0, 0.1) is 11.3 Å². The molecule has 0 spiro atoms. The molecule has 1 aliphatic rings. The molecule has 1 aliphatic heterocycles. The van der Waals surface area contributed by atoms with E-state index in [-0.39, 0.29) is 11.6 Å². The molecule has 3 aromatic carbocycles. The quantitative estimate of drug-likeness (QED) is 0.299. The van der Waals surface area contributed by atoms with E-state index < -0.39 is 11.9 Å². The molecule has 32 heavy (non-hydrogen) atoms. The number of halogens is 2. The number of rotatable bonds is 4. The highest BCUT2D eigenvalue weighted by Gasteiger charge is 2.31. The molecule has 0 bridgehead atoms. The summed E-state index contributed by atoms with van der Waals surface area (Å²) in [7, 11) is 0. The van der Waals surface area contributed by atoms with Crippen LogP contribution in [-0.2, 0) is 4.79 Å². The summed E-state index contributed by atoms with van der Waals surface area (Å²) in [6.07, 6.45) is 2.87. The molecule has 0 saturated carbocycles. The van der Waals surface area contributed by atoms with Gasteiger partial charge >= 0.3 is 5.97 Å². The lowest BCUT2D eigenvalue weighted by atomic mass is 9.83. The van der Waals surface area contributed by atoms with Gasteiger partial charge in [0.05, 0.1) is 5.92 Å². The van der Waals surface area contributed by atoms with Gasteiger partial charge in [-0.15, -0.1) is 0 Å². The third-order valence-electron chi connectivity index (χ3n) is 4.92. The first-order valence-corrected chi connectivity index (χ1v) is 10.3. The number of fused-ring (bicyclic) bond motifs is 1. The molecule has 3 aromatic rings. The minimum atomic E-state index is -0.573. The Bertz CT molecular complexity index is 1290. The van der Waals surface area contributed by atoms with Crippen LogP contribution in [0.1, 0.15) is 22.6 Å². The van der Waals surface area contributed by atoms with Gasteiger partial charge in [-0.2, -0.15) is 5.26 Å². The van der Waals surface area contributed by atoms with Gasteiger partial charge in [0.1, 0.15) is 23.1 Å². The second kappa shape index (κ2) is 9.19. The van der Waals surface area contributed by atoms with E-state index in [4.69, 9.17) is 38.4 Å². The molecular weight excluding hydrogens is 447 g/mol. The maximum Gasteiger partial charge on any atom is 0.336 e. The number of nitrogens with two attached hydrogens (primary N) is 1. The summed E-state index contributed by atoms with van der Waals surface area (Å²) in [5.41, 5.74) is 8.58. The maximum atomic E-state index is 12.3. The van der Waals surface area contributed by atoms with Crippen LogP contribution in [0.5, 0.6) is 11.5 Å². The van der Waals surface area contributed by atoms with E-state index in [9.17, 15) is 10.1 Å². The zero-order chi connectivity index (χ0) is 22.7. The maximum absolute atomic E-state index is 12.3. The number of allylic oxidation sites excluding steroid dienone is 1. The summed E-state index contributed by atoms with van der Waals surface area (Å²) in [5.74, 6) is -0.313. The molecule has 0 aromatic heterocycles. The highest BCUT2D eigenvalue weighted by atomic mass is 35.5. The number of esters is 1. The van der Waals surface area contributed by atoms with Crippen molar-refractivity contribution in [3.8, 4) is 17.6 Å². The van der Waals surface area contributed by atoms with Gasteiger partial charge in [0, 0.05) is 27.8 Å². The van der Waals surface area contributed by atoms with Crippen molar-refractivity contribution < 1.29 is 14.3 Å². The van der Waals surface area contributed by atoms with Gasteiger partial charge in [-0.25, -0.2) is 4.79 Å². The van der Waals surface area contributed by atoms with Crippen molar-refractivity contribution in [1.29, 1.82) is 5.26 Å². The standard InChI is InChI=1S/C25H16Cl2N2O3/c26-17-8-5-16(6-9-17)24-19-11-10-18(13-22(19)32-25(29)20(24)14-28)31-23(30)12-7-15-3-1-2-4-21(15)27/h1-13,24H,29H2/b12-7+. The number of ether oxygens (including phenoxy) is 2. The summed E-state index contributed by atoms with van der Waals surface area (Å²) in [4.78, 5) is 12.3. The topological polar surface area (TPSA) is 85.3 Å². The molecule has 4 rings (SSSR count). The van der Waals surface area contributed by atoms with Crippen molar-refractivity contribution in [1.82, 2.24) is 0 Å². The van der Waals surface area contributed by atoms with E-state index in [0.717, 1.165) is 11.1 Å². The first kappa shape index (κ1) is 21.5. The number of hydrogen-bond donors (Lipinski definition) is 1. The summed E-state index contributed by atoms with van der Waals surface area (Å²) in [6, 6.07) is 21.4. The van der Waals surface area contributed by atoms with Gasteiger partial charge in [0.15, 0.2) is 0 Å². The van der Waals surface area contributed by atoms with Crippen LogP contribution in [0.25, 0.3) is 6.08 Å². The van der Waals surface area contributed by atoms with Gasteiger partial charge in [0.2, 0.25) is 5.88 Å². The van der Waals surface area contributed by atoms with Crippen molar-refractivity contribution in [3.05, 3.63) is 111 Å². The van der Waals surface area contributed by atoms with Crippen LogP contribution < -0.4 is 15.2 Å². The van der Waals surface area contributed by atoms with Gasteiger partial charge in [-0.1, -0.05) is 59.6 Å². The normalized spacial score (nSPS) is 15.1. The van der Waals surface area contributed by atoms with Crippen LogP contribution >= 0.6 is 23.2 Å². The third-order valence-corrected chi connectivity index (χ3v) is 5.51. The lowest BCUT2D eigenvalue weighted by molar-refractivity contribution is -0.128. The summed E-state index contributed by atoms with van der Waals surface area (Å²) in [5, 5.41) is 10.8. The number of nitrogens with zero attached hydrogens (tertiary/aromatic N) is 1. The number of hydrogen-bond acceptors (Lipinski definition) is 5. The van der Waals surface area contributed by atoms with Gasteiger partial charge in [-0.05, 0) is 41.5 Å². The zero-order valence-electron chi connectivity index (χ0n) is 16.6. The molecule has 2 N–H and O–H groups in total. The van der Waals surface area contributed by atoms with Crippen molar-refractivity contribution in [3.63, 3.8) is 0 Å². The number of carbonyl (C=O) groups excluding carboxylic acids is 1. The Hall–Kier alpha value is -3.72. The SMILES string of the molecule is N#CC1=C(N)Oc2cc(OC(=O)/C=C/c3ccccc3Cl)ccc2C1c1ccc(Cl)cc1. The predicted octanol–water partition coefficient (Wildman–Crippen LogP) is 5.83. The monoisotopic (exact) mass is 462 g/mol. The molecule has 0 saturated heterocycles. The lowest BCUT2D eigenvalue weighted by Crippen LogP contribution is -2.21. The highest BCUT2D eigenvalue weighted by Crippen LogP contribution is 2.43. The molecule has 5 nitrogen and oxygen atoms in total. The molecule has 0 radical (unpaired) electrons. The Kier molecular flexibility index (Phi) is 6.18. The zero-order valence-corrected chi connectivity index (χ0v) is 18.1. The van der Waals surface area contributed by atoms with E-state index in [0.29, 0.717) is 26.9 Å². The average Bonchev–Trinajstić information content (AvgIpc) is 2.78.